The minimum Gasteiger partial charge on any atom is -0.343 e. The molecule has 0 unspecified atom stereocenters. The number of likely N-dealkylation sites (tertiary alicyclic amines) is 1. The van der Waals surface area contributed by atoms with Crippen molar-refractivity contribution in [3.05, 3.63) is 0 Å². The molecule has 0 aromatic rings. The molecule has 17 heavy (non-hydrogen) atoms. The van der Waals surface area contributed by atoms with Crippen LogP contribution >= 0.6 is 0 Å². The highest BCUT2D eigenvalue weighted by molar-refractivity contribution is 5.81. The summed E-state index contributed by atoms with van der Waals surface area (Å²) in [5.41, 5.74) is 5.94. The van der Waals surface area contributed by atoms with Crippen molar-refractivity contribution in [2.45, 2.75) is 38.1 Å². The molecule has 1 aliphatic heterocycles. The molecule has 2 fully saturated rings. The number of rotatable bonds is 6. The van der Waals surface area contributed by atoms with Crippen molar-refractivity contribution in [3.8, 4) is 0 Å². The van der Waals surface area contributed by atoms with Crippen LogP contribution in [0.5, 0.6) is 0 Å². The maximum atomic E-state index is 12.0. The van der Waals surface area contributed by atoms with Crippen LogP contribution in [-0.2, 0) is 4.79 Å². The minimum absolute atomic E-state index is 0.121. The number of hydrogen-bond donors (Lipinski definition) is 1. The van der Waals surface area contributed by atoms with Gasteiger partial charge >= 0.3 is 0 Å². The van der Waals surface area contributed by atoms with Crippen LogP contribution in [0.4, 0.5) is 0 Å². The monoisotopic (exact) mass is 239 g/mol. The Morgan fingerprint density at radius 2 is 2.06 bits per heavy atom. The molecule has 98 valence electrons. The van der Waals surface area contributed by atoms with E-state index in [1.54, 1.807) is 0 Å². The van der Waals surface area contributed by atoms with E-state index in [1.807, 2.05) is 11.9 Å². The Hall–Kier alpha value is -0.610. The fourth-order valence-electron chi connectivity index (χ4n) is 2.50. The highest BCUT2D eigenvalue weighted by atomic mass is 16.2. The molecule has 0 bridgehead atoms. The van der Waals surface area contributed by atoms with Gasteiger partial charge in [-0.25, -0.2) is 0 Å². The predicted molar refractivity (Wildman–Crippen MR) is 68.6 cm³/mol. The maximum Gasteiger partial charge on any atom is 0.239 e. The maximum absolute atomic E-state index is 12.0. The second-order valence-electron chi connectivity index (χ2n) is 5.59. The number of nitrogens with zero attached hydrogens (tertiary/aromatic N) is 2. The van der Waals surface area contributed by atoms with Gasteiger partial charge in [-0.1, -0.05) is 12.8 Å². The first kappa shape index (κ1) is 12.8. The summed E-state index contributed by atoms with van der Waals surface area (Å²) in [6.45, 7) is 4.20. The normalized spacial score (nSPS) is 22.7. The molecule has 4 heteroatoms. The average molecular weight is 239 g/mol. The van der Waals surface area contributed by atoms with Gasteiger partial charge in [-0.2, -0.15) is 0 Å². The van der Waals surface area contributed by atoms with Gasteiger partial charge in [0.1, 0.15) is 0 Å². The van der Waals surface area contributed by atoms with Crippen molar-refractivity contribution in [2.75, 3.05) is 33.2 Å². The number of carbonyl (C=O) groups is 1. The lowest BCUT2D eigenvalue weighted by Gasteiger charge is -2.24. The van der Waals surface area contributed by atoms with E-state index < -0.39 is 0 Å². The van der Waals surface area contributed by atoms with Crippen LogP contribution in [0, 0.1) is 5.92 Å². The third kappa shape index (κ3) is 3.96. The molecule has 2 N–H and O–H groups in total. The summed E-state index contributed by atoms with van der Waals surface area (Å²) in [5, 5.41) is 0. The SMILES string of the molecule is CN(CCN1CCCC1)C(=O)[C@@H](N)CC1CC1. The molecule has 1 saturated carbocycles. The first-order valence-corrected chi connectivity index (χ1v) is 6.89. The first-order chi connectivity index (χ1) is 8.16. The Bertz CT molecular complexity index is 259. The summed E-state index contributed by atoms with van der Waals surface area (Å²) in [5.74, 6) is 0.844. The number of likely N-dealkylation sites (N-methyl/N-ethyl adjacent to an activating group) is 1. The van der Waals surface area contributed by atoms with Gasteiger partial charge in [0.15, 0.2) is 0 Å². The predicted octanol–water partition coefficient (Wildman–Crippen LogP) is 0.668. The van der Waals surface area contributed by atoms with Crippen LogP contribution in [0.25, 0.3) is 0 Å². The van der Waals surface area contributed by atoms with Crippen LogP contribution in [0.15, 0.2) is 0 Å². The Balaban J connectivity index is 1.66. The zero-order valence-electron chi connectivity index (χ0n) is 10.9. The summed E-state index contributed by atoms with van der Waals surface area (Å²) in [6.07, 6.45) is 6.02. The minimum atomic E-state index is -0.272. The highest BCUT2D eigenvalue weighted by Crippen LogP contribution is 2.33. The third-order valence-electron chi connectivity index (χ3n) is 3.93. The van der Waals surface area contributed by atoms with Crippen molar-refractivity contribution < 1.29 is 4.79 Å². The van der Waals surface area contributed by atoms with Crippen LogP contribution < -0.4 is 5.73 Å². The molecule has 0 spiro atoms. The van der Waals surface area contributed by atoms with Gasteiger partial charge in [-0.15, -0.1) is 0 Å². The van der Waals surface area contributed by atoms with Gasteiger partial charge < -0.3 is 15.5 Å². The second kappa shape index (κ2) is 5.83. The number of hydrogen-bond acceptors (Lipinski definition) is 3. The molecule has 0 radical (unpaired) electrons. The quantitative estimate of drug-likeness (QED) is 0.741. The molecule has 1 amide bonds. The number of amides is 1. The Labute approximate surface area is 104 Å². The van der Waals surface area contributed by atoms with Crippen LogP contribution in [-0.4, -0.2) is 55.0 Å². The summed E-state index contributed by atoms with van der Waals surface area (Å²) in [6, 6.07) is -0.272. The smallest absolute Gasteiger partial charge is 0.239 e. The van der Waals surface area contributed by atoms with Crippen LogP contribution in [0.1, 0.15) is 32.1 Å². The van der Waals surface area contributed by atoms with E-state index >= 15 is 0 Å². The van der Waals surface area contributed by atoms with Gasteiger partial charge in [0.2, 0.25) is 5.91 Å². The topological polar surface area (TPSA) is 49.6 Å². The van der Waals surface area contributed by atoms with E-state index in [0.717, 1.165) is 25.4 Å². The van der Waals surface area contributed by atoms with Gasteiger partial charge in [-0.3, -0.25) is 4.79 Å². The summed E-state index contributed by atoms with van der Waals surface area (Å²) >= 11 is 0. The number of carbonyl (C=O) groups excluding carboxylic acids is 1. The lowest BCUT2D eigenvalue weighted by Crippen LogP contribution is -2.44. The van der Waals surface area contributed by atoms with Crippen LogP contribution in [0.3, 0.4) is 0 Å². The Morgan fingerprint density at radius 3 is 2.65 bits per heavy atom. The fourth-order valence-corrected chi connectivity index (χ4v) is 2.50. The standard InChI is InChI=1S/C13H25N3O/c1-15(8-9-16-6-2-3-7-16)13(17)12(14)10-11-4-5-11/h11-12H,2-10,14H2,1H3/t12-/m0/s1. The summed E-state index contributed by atoms with van der Waals surface area (Å²) in [4.78, 5) is 16.2. The summed E-state index contributed by atoms with van der Waals surface area (Å²) in [7, 11) is 1.88. The molecule has 0 aromatic carbocycles. The van der Waals surface area contributed by atoms with Gasteiger partial charge in [-0.05, 0) is 38.3 Å². The van der Waals surface area contributed by atoms with Crippen molar-refractivity contribution in [2.24, 2.45) is 11.7 Å². The molecule has 2 rings (SSSR count). The highest BCUT2D eigenvalue weighted by Gasteiger charge is 2.28. The molecule has 4 nitrogen and oxygen atoms in total. The third-order valence-corrected chi connectivity index (χ3v) is 3.93. The van der Waals surface area contributed by atoms with Crippen molar-refractivity contribution >= 4 is 5.91 Å². The Morgan fingerprint density at radius 1 is 1.41 bits per heavy atom. The van der Waals surface area contributed by atoms with Crippen molar-refractivity contribution in [1.82, 2.24) is 9.80 Å². The van der Waals surface area contributed by atoms with Crippen LogP contribution in [0.2, 0.25) is 0 Å². The molecule has 2 aliphatic rings. The van der Waals surface area contributed by atoms with Crippen molar-refractivity contribution in [1.29, 1.82) is 0 Å². The van der Waals surface area contributed by atoms with Gasteiger partial charge in [0.25, 0.3) is 0 Å². The van der Waals surface area contributed by atoms with E-state index in [0.29, 0.717) is 0 Å². The molecular weight excluding hydrogens is 214 g/mol. The molecule has 0 aromatic heterocycles. The first-order valence-electron chi connectivity index (χ1n) is 6.89. The lowest BCUT2D eigenvalue weighted by molar-refractivity contribution is -0.131. The van der Waals surface area contributed by atoms with E-state index in [-0.39, 0.29) is 11.9 Å². The molecular formula is C13H25N3O. The molecule has 1 saturated heterocycles. The fraction of sp³-hybridized carbons (Fsp3) is 0.923. The van der Waals surface area contributed by atoms with E-state index in [1.165, 1.54) is 38.8 Å². The molecule has 1 heterocycles. The van der Waals surface area contributed by atoms with E-state index in [9.17, 15) is 4.79 Å². The Kier molecular flexibility index (Phi) is 4.40. The zero-order valence-corrected chi connectivity index (χ0v) is 10.9. The second-order valence-corrected chi connectivity index (χ2v) is 5.59. The van der Waals surface area contributed by atoms with Gasteiger partial charge in [0, 0.05) is 20.1 Å². The van der Waals surface area contributed by atoms with Gasteiger partial charge in [0.05, 0.1) is 6.04 Å². The number of nitrogens with two attached hydrogens (primary N) is 1. The largest absolute Gasteiger partial charge is 0.343 e. The summed E-state index contributed by atoms with van der Waals surface area (Å²) < 4.78 is 0. The van der Waals surface area contributed by atoms with E-state index in [2.05, 4.69) is 4.90 Å². The van der Waals surface area contributed by atoms with E-state index in [4.69, 9.17) is 5.73 Å². The molecule has 1 aliphatic carbocycles. The lowest BCUT2D eigenvalue weighted by atomic mass is 10.1. The average Bonchev–Trinajstić information content (AvgIpc) is 2.97. The zero-order chi connectivity index (χ0) is 12.3. The molecule has 1 atom stereocenters. The van der Waals surface area contributed by atoms with Crippen molar-refractivity contribution in [3.63, 3.8) is 0 Å².